The van der Waals surface area contributed by atoms with Crippen LogP contribution in [-0.4, -0.2) is 23.5 Å². The van der Waals surface area contributed by atoms with Crippen LogP contribution in [0.4, 0.5) is 4.39 Å². The lowest BCUT2D eigenvalue weighted by atomic mass is 9.43. The van der Waals surface area contributed by atoms with E-state index in [9.17, 15) is 9.59 Å². The van der Waals surface area contributed by atoms with Gasteiger partial charge in [-0.15, -0.1) is 0 Å². The number of rotatable bonds is 0. The Morgan fingerprint density at radius 1 is 1.07 bits per heavy atom. The zero-order valence-electron chi connectivity index (χ0n) is 17.2. The molecular formula is C25H29FO3. The highest BCUT2D eigenvalue weighted by atomic mass is 19.1. The Balaban J connectivity index is 1.37. The largest absolute Gasteiger partial charge is 0.458 e. The van der Waals surface area contributed by atoms with Crippen molar-refractivity contribution in [2.75, 3.05) is 0 Å². The van der Waals surface area contributed by atoms with Crippen LogP contribution in [0.1, 0.15) is 58.8 Å². The van der Waals surface area contributed by atoms with Crippen LogP contribution in [0.2, 0.25) is 0 Å². The summed E-state index contributed by atoms with van der Waals surface area (Å²) in [6, 6.07) is 0. The van der Waals surface area contributed by atoms with Crippen molar-refractivity contribution in [3.8, 4) is 0 Å². The number of carbonyl (C=O) groups excluding carboxylic acids is 2. The van der Waals surface area contributed by atoms with Gasteiger partial charge in [0.15, 0.2) is 5.78 Å². The highest BCUT2D eigenvalue weighted by molar-refractivity contribution is 6.01. The number of alkyl halides is 1. The number of ketones is 1. The monoisotopic (exact) mass is 396 g/mol. The maximum Gasteiger partial charge on any atom is 0.306 e. The Labute approximate surface area is 171 Å². The SMILES string of the molecule is C[C@]12C=CC(=O)C=C1C1(CC1)CC1C2C(F)C[C@@]2(C)C1C1CC1[C@@]21CCC(=O)O1. The van der Waals surface area contributed by atoms with Gasteiger partial charge in [-0.1, -0.05) is 25.5 Å². The average Bonchev–Trinajstić information content (AvgIpc) is 3.55. The van der Waals surface area contributed by atoms with Crippen LogP contribution in [-0.2, 0) is 14.3 Å². The van der Waals surface area contributed by atoms with Gasteiger partial charge < -0.3 is 4.74 Å². The van der Waals surface area contributed by atoms with Crippen LogP contribution in [0.3, 0.4) is 0 Å². The van der Waals surface area contributed by atoms with Crippen molar-refractivity contribution in [3.63, 3.8) is 0 Å². The van der Waals surface area contributed by atoms with E-state index in [1.54, 1.807) is 6.08 Å². The summed E-state index contributed by atoms with van der Waals surface area (Å²) in [4.78, 5) is 24.4. The zero-order valence-corrected chi connectivity index (χ0v) is 17.2. The fraction of sp³-hybridized carbons (Fsp3) is 0.760. The van der Waals surface area contributed by atoms with Crippen molar-refractivity contribution in [1.29, 1.82) is 0 Å². The highest BCUT2D eigenvalue weighted by Gasteiger charge is 2.81. The predicted octanol–water partition coefficient (Wildman–Crippen LogP) is 4.56. The third-order valence-electron chi connectivity index (χ3n) is 10.7. The first-order valence-electron chi connectivity index (χ1n) is 11.6. The van der Waals surface area contributed by atoms with Gasteiger partial charge in [-0.25, -0.2) is 4.39 Å². The quantitative estimate of drug-likeness (QED) is 0.564. The molecule has 0 radical (unpaired) electrons. The lowest BCUT2D eigenvalue weighted by Crippen LogP contribution is -2.61. The number of hydrogen-bond acceptors (Lipinski definition) is 3. The molecule has 0 N–H and O–H groups in total. The van der Waals surface area contributed by atoms with Crippen molar-refractivity contribution in [1.82, 2.24) is 0 Å². The molecule has 5 saturated carbocycles. The van der Waals surface area contributed by atoms with E-state index in [2.05, 4.69) is 13.8 Å². The number of ether oxygens (including phenoxy) is 1. The molecule has 7 aliphatic rings. The smallest absolute Gasteiger partial charge is 0.306 e. The summed E-state index contributed by atoms with van der Waals surface area (Å²) in [5, 5.41) is 0. The summed E-state index contributed by atoms with van der Waals surface area (Å²) >= 11 is 0. The summed E-state index contributed by atoms with van der Waals surface area (Å²) in [5.41, 5.74) is 0.328. The summed E-state index contributed by atoms with van der Waals surface area (Å²) in [6.07, 6.45) is 10.9. The standard InChI is InChI=1S/C25H29FO3/c1-22-5-3-13(27)9-18(22)24(7-8-24)11-15-20-14-10-16(14)25(6-4-19(28)29-25)23(20,2)12-17(26)21(15)22/h3,5,9,14-17,20-21H,4,6-8,10-12H2,1-2H3/t14?,15?,16?,17?,20?,21?,22-,23-,25-/m0/s1. The van der Waals surface area contributed by atoms with E-state index < -0.39 is 11.8 Å². The average molecular weight is 397 g/mol. The maximum atomic E-state index is 16.2. The second kappa shape index (κ2) is 4.73. The molecule has 6 fully saturated rings. The van der Waals surface area contributed by atoms with E-state index >= 15 is 4.39 Å². The van der Waals surface area contributed by atoms with Crippen molar-refractivity contribution in [2.24, 2.45) is 45.8 Å². The second-order valence-corrected chi connectivity index (χ2v) is 11.8. The minimum Gasteiger partial charge on any atom is -0.458 e. The maximum absolute atomic E-state index is 16.2. The van der Waals surface area contributed by atoms with Gasteiger partial charge in [0.25, 0.3) is 0 Å². The third-order valence-corrected chi connectivity index (χ3v) is 10.7. The van der Waals surface area contributed by atoms with Gasteiger partial charge >= 0.3 is 5.97 Å². The number of allylic oxidation sites excluding steroid dienone is 4. The molecule has 7 rings (SSSR count). The molecule has 2 spiro atoms. The number of hydrogen-bond donors (Lipinski definition) is 0. The summed E-state index contributed by atoms with van der Waals surface area (Å²) < 4.78 is 22.3. The molecule has 1 aliphatic heterocycles. The van der Waals surface area contributed by atoms with Crippen LogP contribution < -0.4 is 0 Å². The van der Waals surface area contributed by atoms with E-state index in [-0.39, 0.29) is 33.9 Å². The third kappa shape index (κ3) is 1.75. The molecule has 1 saturated heterocycles. The van der Waals surface area contributed by atoms with Crippen LogP contribution >= 0.6 is 0 Å². The predicted molar refractivity (Wildman–Crippen MR) is 104 cm³/mol. The molecule has 154 valence electrons. The molecule has 6 aliphatic carbocycles. The van der Waals surface area contributed by atoms with Crippen LogP contribution in [0, 0.1) is 45.8 Å². The van der Waals surface area contributed by atoms with Gasteiger partial charge in [-0.2, -0.15) is 0 Å². The summed E-state index contributed by atoms with van der Waals surface area (Å²) in [6.45, 7) is 4.44. The lowest BCUT2D eigenvalue weighted by Gasteiger charge is -2.62. The van der Waals surface area contributed by atoms with E-state index in [1.165, 1.54) is 5.57 Å². The zero-order chi connectivity index (χ0) is 20.0. The Morgan fingerprint density at radius 2 is 1.86 bits per heavy atom. The topological polar surface area (TPSA) is 43.4 Å². The Hall–Kier alpha value is -1.45. The van der Waals surface area contributed by atoms with Crippen molar-refractivity contribution < 1.29 is 18.7 Å². The summed E-state index contributed by atoms with van der Waals surface area (Å²) in [7, 11) is 0. The van der Waals surface area contributed by atoms with E-state index in [0.717, 1.165) is 32.1 Å². The van der Waals surface area contributed by atoms with Gasteiger partial charge in [0.05, 0.1) is 0 Å². The number of fused-ring (bicyclic) bond motifs is 10. The van der Waals surface area contributed by atoms with E-state index in [4.69, 9.17) is 4.74 Å². The van der Waals surface area contributed by atoms with Crippen LogP contribution in [0.5, 0.6) is 0 Å². The lowest BCUT2D eigenvalue weighted by molar-refractivity contribution is -0.186. The van der Waals surface area contributed by atoms with Gasteiger partial charge in [0.2, 0.25) is 0 Å². The number of halogens is 1. The molecule has 0 aromatic rings. The van der Waals surface area contributed by atoms with Gasteiger partial charge in [0.1, 0.15) is 11.8 Å². The molecule has 1 heterocycles. The first-order chi connectivity index (χ1) is 13.7. The van der Waals surface area contributed by atoms with Crippen molar-refractivity contribution in [3.05, 3.63) is 23.8 Å². The van der Waals surface area contributed by atoms with Crippen LogP contribution in [0.15, 0.2) is 23.8 Å². The fourth-order valence-electron chi connectivity index (χ4n) is 9.67. The van der Waals surface area contributed by atoms with Gasteiger partial charge in [-0.05, 0) is 73.8 Å². The molecule has 0 aromatic heterocycles. The minimum atomic E-state index is -0.919. The first kappa shape index (κ1) is 17.3. The normalized spacial score (nSPS) is 57.7. The van der Waals surface area contributed by atoms with Crippen molar-refractivity contribution in [2.45, 2.75) is 70.6 Å². The van der Waals surface area contributed by atoms with Gasteiger partial charge in [-0.3, -0.25) is 9.59 Å². The molecule has 0 aromatic carbocycles. The van der Waals surface area contributed by atoms with Crippen molar-refractivity contribution >= 4 is 11.8 Å². The minimum absolute atomic E-state index is 0.0593. The second-order valence-electron chi connectivity index (χ2n) is 11.8. The highest BCUT2D eigenvalue weighted by Crippen LogP contribution is 2.81. The molecular weight excluding hydrogens is 367 g/mol. The molecule has 4 heteroatoms. The fourth-order valence-corrected chi connectivity index (χ4v) is 9.67. The van der Waals surface area contributed by atoms with Crippen LogP contribution in [0.25, 0.3) is 0 Å². The van der Waals surface area contributed by atoms with E-state index in [1.807, 2.05) is 12.2 Å². The molecule has 0 bridgehead atoms. The molecule has 6 unspecified atom stereocenters. The Morgan fingerprint density at radius 3 is 2.55 bits per heavy atom. The van der Waals surface area contributed by atoms with E-state index in [0.29, 0.717) is 36.5 Å². The first-order valence-corrected chi connectivity index (χ1v) is 11.6. The molecule has 3 nitrogen and oxygen atoms in total. The summed E-state index contributed by atoms with van der Waals surface area (Å²) in [5.74, 6) is 1.72. The molecule has 9 atom stereocenters. The molecule has 29 heavy (non-hydrogen) atoms. The number of esters is 1. The Bertz CT molecular complexity index is 930. The van der Waals surface area contributed by atoms with Gasteiger partial charge in [0, 0.05) is 29.1 Å². The Kier molecular flexibility index (Phi) is 2.81. The molecule has 0 amide bonds. The number of carbonyl (C=O) groups is 2.